The normalized spacial score (nSPS) is 10.9. The molecule has 2 aromatic heterocycles. The van der Waals surface area contributed by atoms with Gasteiger partial charge in [-0.3, -0.25) is 14.5 Å². The Balaban J connectivity index is 2.24. The molecule has 0 aliphatic rings. The van der Waals surface area contributed by atoms with Crippen molar-refractivity contribution in [1.82, 2.24) is 9.38 Å². The van der Waals surface area contributed by atoms with Gasteiger partial charge in [0.05, 0.1) is 17.7 Å². The summed E-state index contributed by atoms with van der Waals surface area (Å²) in [6.45, 7) is 1.98. The second-order valence-corrected chi connectivity index (χ2v) is 5.41. The van der Waals surface area contributed by atoms with Crippen LogP contribution in [0.25, 0.3) is 16.2 Å². The molecule has 0 aliphatic carbocycles. The first-order valence-corrected chi connectivity index (χ1v) is 6.68. The van der Waals surface area contributed by atoms with Crippen molar-refractivity contribution < 1.29 is 9.66 Å². The van der Waals surface area contributed by atoms with Crippen LogP contribution in [0.1, 0.15) is 4.88 Å². The predicted molar refractivity (Wildman–Crippen MR) is 76.4 cm³/mol. The maximum absolute atomic E-state index is 11.1. The maximum atomic E-state index is 11.1. The molecule has 6 nitrogen and oxygen atoms in total. The third-order valence-electron chi connectivity index (χ3n) is 3.07. The van der Waals surface area contributed by atoms with E-state index in [0.29, 0.717) is 0 Å². The van der Waals surface area contributed by atoms with Crippen LogP contribution in [0, 0.1) is 17.0 Å². The highest BCUT2D eigenvalue weighted by atomic mass is 32.1. The van der Waals surface area contributed by atoms with Crippen LogP contribution in [-0.2, 0) is 0 Å². The first-order valence-electron chi connectivity index (χ1n) is 5.87. The van der Waals surface area contributed by atoms with Gasteiger partial charge in [0.2, 0.25) is 0 Å². The Labute approximate surface area is 118 Å². The Bertz CT molecular complexity index is 806. The molecular weight excluding hydrogens is 278 g/mol. The van der Waals surface area contributed by atoms with E-state index in [0.717, 1.165) is 21.1 Å². The number of fused-ring (bicyclic) bond motifs is 1. The van der Waals surface area contributed by atoms with Crippen molar-refractivity contribution in [3.8, 4) is 17.0 Å². The van der Waals surface area contributed by atoms with Crippen LogP contribution >= 0.6 is 11.3 Å². The van der Waals surface area contributed by atoms with Crippen molar-refractivity contribution in [1.29, 1.82) is 0 Å². The number of nitro groups is 1. The van der Waals surface area contributed by atoms with Crippen molar-refractivity contribution in [3.63, 3.8) is 0 Å². The molecule has 0 aliphatic heterocycles. The summed E-state index contributed by atoms with van der Waals surface area (Å²) in [5.41, 5.74) is 1.66. The number of thiazole rings is 1. The Hall–Kier alpha value is -2.41. The van der Waals surface area contributed by atoms with Crippen molar-refractivity contribution in [2.75, 3.05) is 7.11 Å². The summed E-state index contributed by atoms with van der Waals surface area (Å²) >= 11 is 1.56. The minimum atomic E-state index is -0.435. The van der Waals surface area contributed by atoms with Crippen LogP contribution in [0.3, 0.4) is 0 Å². The lowest BCUT2D eigenvalue weighted by Gasteiger charge is -2.05. The highest BCUT2D eigenvalue weighted by Gasteiger charge is 2.19. The number of benzene rings is 1. The van der Waals surface area contributed by atoms with Gasteiger partial charge in [-0.15, -0.1) is 11.3 Å². The smallest absolute Gasteiger partial charge is 0.311 e. The molecule has 0 saturated carbocycles. The molecule has 0 amide bonds. The zero-order valence-electron chi connectivity index (χ0n) is 10.9. The van der Waals surface area contributed by atoms with E-state index in [1.807, 2.05) is 23.6 Å². The van der Waals surface area contributed by atoms with Gasteiger partial charge >= 0.3 is 5.69 Å². The van der Waals surface area contributed by atoms with Crippen LogP contribution in [0.5, 0.6) is 5.75 Å². The summed E-state index contributed by atoms with van der Waals surface area (Å²) in [6, 6.07) is 4.97. The second kappa shape index (κ2) is 4.61. The quantitative estimate of drug-likeness (QED) is 0.548. The molecular formula is C13H11N3O3S. The minimum Gasteiger partial charge on any atom is -0.490 e. The summed E-state index contributed by atoms with van der Waals surface area (Å²) < 4.78 is 6.96. The van der Waals surface area contributed by atoms with Crippen molar-refractivity contribution in [2.45, 2.75) is 6.92 Å². The fourth-order valence-corrected chi connectivity index (χ4v) is 3.16. The van der Waals surface area contributed by atoms with E-state index in [-0.39, 0.29) is 11.4 Å². The molecule has 0 spiro atoms. The number of hydrogen-bond donors (Lipinski definition) is 0. The lowest BCUT2D eigenvalue weighted by Crippen LogP contribution is -1.95. The molecule has 0 radical (unpaired) electrons. The number of ether oxygens (including phenoxy) is 1. The van der Waals surface area contributed by atoms with E-state index < -0.39 is 4.92 Å². The van der Waals surface area contributed by atoms with Crippen LogP contribution in [-0.4, -0.2) is 21.4 Å². The number of hydrogen-bond acceptors (Lipinski definition) is 5. The summed E-state index contributed by atoms with van der Waals surface area (Å²) in [5.74, 6) is 0.258. The van der Waals surface area contributed by atoms with Gasteiger partial charge in [-0.1, -0.05) is 0 Å². The molecule has 0 saturated heterocycles. The maximum Gasteiger partial charge on any atom is 0.311 e. The Morgan fingerprint density at radius 1 is 1.45 bits per heavy atom. The number of imidazole rings is 1. The minimum absolute atomic E-state index is 0.0381. The monoisotopic (exact) mass is 289 g/mol. The highest BCUT2D eigenvalue weighted by Crippen LogP contribution is 2.36. The first kappa shape index (κ1) is 12.6. The summed E-state index contributed by atoms with van der Waals surface area (Å²) in [6.07, 6.45) is 3.57. The first-order chi connectivity index (χ1) is 9.61. The summed E-state index contributed by atoms with van der Waals surface area (Å²) in [7, 11) is 1.42. The molecule has 2 heterocycles. The number of rotatable bonds is 3. The van der Waals surface area contributed by atoms with Crippen molar-refractivity contribution >= 4 is 22.0 Å². The third kappa shape index (κ3) is 1.83. The number of aromatic nitrogens is 2. The van der Waals surface area contributed by atoms with Crippen molar-refractivity contribution in [3.05, 3.63) is 45.6 Å². The van der Waals surface area contributed by atoms with E-state index in [1.54, 1.807) is 23.6 Å². The van der Waals surface area contributed by atoms with Gasteiger partial charge in [0.1, 0.15) is 0 Å². The molecule has 1 aromatic carbocycles. The van der Waals surface area contributed by atoms with Gasteiger partial charge in [-0.2, -0.15) is 0 Å². The average Bonchev–Trinajstić information content (AvgIpc) is 2.97. The zero-order chi connectivity index (χ0) is 14.3. The van der Waals surface area contributed by atoms with Crippen LogP contribution < -0.4 is 4.74 Å². The largest absolute Gasteiger partial charge is 0.490 e. The predicted octanol–water partition coefficient (Wildman–Crippen LogP) is 3.29. The number of nitrogens with zero attached hydrogens (tertiary/aromatic N) is 3. The van der Waals surface area contributed by atoms with Crippen LogP contribution in [0.2, 0.25) is 0 Å². The van der Waals surface area contributed by atoms with E-state index >= 15 is 0 Å². The lowest BCUT2D eigenvalue weighted by molar-refractivity contribution is -0.385. The Kier molecular flexibility index (Phi) is 2.90. The van der Waals surface area contributed by atoms with E-state index in [2.05, 4.69) is 4.98 Å². The molecule has 3 aromatic rings. The molecule has 20 heavy (non-hydrogen) atoms. The standard InChI is InChI=1S/C13H11N3O3S/c1-8-12(15-6-5-14-13(15)20-8)9-3-4-11(19-2)10(7-9)16(17)18/h3-7H,1-2H3. The molecule has 0 atom stereocenters. The number of aryl methyl sites for hydroxylation is 1. The molecule has 0 fully saturated rings. The van der Waals surface area contributed by atoms with Gasteiger partial charge in [0, 0.05) is 28.9 Å². The molecule has 0 unspecified atom stereocenters. The SMILES string of the molecule is COc1ccc(-c2c(C)sc3nccn23)cc1[N+](=O)[O-]. The summed E-state index contributed by atoms with van der Waals surface area (Å²) in [5, 5.41) is 11.1. The lowest BCUT2D eigenvalue weighted by atomic mass is 10.1. The Morgan fingerprint density at radius 2 is 2.25 bits per heavy atom. The van der Waals surface area contributed by atoms with Gasteiger partial charge in [-0.05, 0) is 19.1 Å². The highest BCUT2D eigenvalue weighted by molar-refractivity contribution is 7.17. The number of nitro benzene ring substituents is 1. The number of methoxy groups -OCH3 is 1. The van der Waals surface area contributed by atoms with E-state index in [9.17, 15) is 10.1 Å². The molecule has 102 valence electrons. The fourth-order valence-electron chi connectivity index (χ4n) is 2.21. The van der Waals surface area contributed by atoms with Gasteiger partial charge in [0.15, 0.2) is 10.7 Å². The molecule has 0 bridgehead atoms. The van der Waals surface area contributed by atoms with Crippen LogP contribution in [0.4, 0.5) is 5.69 Å². The van der Waals surface area contributed by atoms with E-state index in [4.69, 9.17) is 4.74 Å². The van der Waals surface area contributed by atoms with Gasteiger partial charge in [-0.25, -0.2) is 4.98 Å². The summed E-state index contributed by atoms with van der Waals surface area (Å²) in [4.78, 5) is 16.8. The Morgan fingerprint density at radius 3 is 2.95 bits per heavy atom. The second-order valence-electron chi connectivity index (χ2n) is 4.23. The third-order valence-corrected chi connectivity index (χ3v) is 4.06. The van der Waals surface area contributed by atoms with Crippen LogP contribution in [0.15, 0.2) is 30.6 Å². The molecule has 3 rings (SSSR count). The van der Waals surface area contributed by atoms with E-state index in [1.165, 1.54) is 13.2 Å². The molecule has 7 heteroatoms. The van der Waals surface area contributed by atoms with Gasteiger partial charge in [0.25, 0.3) is 0 Å². The topological polar surface area (TPSA) is 69.7 Å². The zero-order valence-corrected chi connectivity index (χ0v) is 11.7. The molecule has 0 N–H and O–H groups in total. The van der Waals surface area contributed by atoms with Crippen molar-refractivity contribution in [2.24, 2.45) is 0 Å². The average molecular weight is 289 g/mol. The fraction of sp³-hybridized carbons (Fsp3) is 0.154. The van der Waals surface area contributed by atoms with Gasteiger partial charge < -0.3 is 4.74 Å².